The first kappa shape index (κ1) is 24.2. The van der Waals surface area contributed by atoms with Crippen molar-refractivity contribution in [2.75, 3.05) is 7.05 Å². The molecule has 1 heterocycles. The van der Waals surface area contributed by atoms with E-state index in [4.69, 9.17) is 5.11 Å². The highest BCUT2D eigenvalue weighted by molar-refractivity contribution is 7.89. The zero-order valence-corrected chi connectivity index (χ0v) is 18.9. The lowest BCUT2D eigenvalue weighted by Gasteiger charge is -2.31. The van der Waals surface area contributed by atoms with Gasteiger partial charge in [-0.25, -0.2) is 8.42 Å². The number of rotatable bonds is 7. The standard InChI is InChI=1S/C21H26F3N3O4S/c1-4-13(2)14-8-15(21(22,23)24)10-16(9-14)32(30,31)26(3)18-6-5-7-19-17(18)11-25-27(19)12-20(28)29/h8-11,13,18H,4-7,12H2,1-3H3,(H,28,29). The number of carboxylic acids is 1. The van der Waals surface area contributed by atoms with E-state index in [1.807, 2.05) is 6.92 Å². The Kier molecular flexibility index (Phi) is 6.71. The molecule has 0 radical (unpaired) electrons. The number of aliphatic carboxylic acids is 1. The predicted octanol–water partition coefficient (Wildman–Crippen LogP) is 4.20. The number of halogens is 3. The molecule has 0 bridgehead atoms. The molecule has 1 aromatic heterocycles. The van der Waals surface area contributed by atoms with E-state index >= 15 is 0 Å². The monoisotopic (exact) mass is 473 g/mol. The molecule has 3 rings (SSSR count). The van der Waals surface area contributed by atoms with Crippen molar-refractivity contribution < 1.29 is 31.5 Å². The number of alkyl halides is 3. The Bertz CT molecular complexity index is 1110. The first-order valence-electron chi connectivity index (χ1n) is 10.3. The molecule has 1 N–H and O–H groups in total. The highest BCUT2D eigenvalue weighted by Gasteiger charge is 2.37. The molecule has 0 amide bonds. The van der Waals surface area contributed by atoms with Crippen LogP contribution < -0.4 is 0 Å². The third-order valence-corrected chi connectivity index (χ3v) is 7.91. The second-order valence-electron chi connectivity index (χ2n) is 8.13. The summed E-state index contributed by atoms with van der Waals surface area (Å²) in [7, 11) is -2.92. The van der Waals surface area contributed by atoms with Crippen molar-refractivity contribution in [1.82, 2.24) is 14.1 Å². The van der Waals surface area contributed by atoms with Crippen molar-refractivity contribution >= 4 is 16.0 Å². The molecule has 0 saturated heterocycles. The zero-order chi connectivity index (χ0) is 23.8. The number of sulfonamides is 1. The van der Waals surface area contributed by atoms with Crippen LogP contribution in [0.3, 0.4) is 0 Å². The molecule has 11 heteroatoms. The summed E-state index contributed by atoms with van der Waals surface area (Å²) in [5.74, 6) is -1.31. The minimum absolute atomic E-state index is 0.243. The summed E-state index contributed by atoms with van der Waals surface area (Å²) in [6.45, 7) is 3.23. The SMILES string of the molecule is CCC(C)c1cc(C(F)(F)F)cc(S(=O)(=O)N(C)C2CCCc3c2cnn3CC(=O)O)c1. The molecule has 0 aliphatic heterocycles. The van der Waals surface area contributed by atoms with Crippen LogP contribution in [0.5, 0.6) is 0 Å². The van der Waals surface area contributed by atoms with E-state index < -0.39 is 38.7 Å². The highest BCUT2D eigenvalue weighted by atomic mass is 32.2. The molecule has 1 aromatic carbocycles. The number of fused-ring (bicyclic) bond motifs is 1. The minimum Gasteiger partial charge on any atom is -0.480 e. The third kappa shape index (κ3) is 4.68. The maximum atomic E-state index is 13.5. The van der Waals surface area contributed by atoms with Crippen LogP contribution in [-0.2, 0) is 34.0 Å². The van der Waals surface area contributed by atoms with Gasteiger partial charge in [0.25, 0.3) is 0 Å². The van der Waals surface area contributed by atoms with Gasteiger partial charge < -0.3 is 5.11 Å². The van der Waals surface area contributed by atoms with Crippen LogP contribution in [0.1, 0.15) is 67.5 Å². The van der Waals surface area contributed by atoms with E-state index in [0.29, 0.717) is 48.6 Å². The van der Waals surface area contributed by atoms with Crippen molar-refractivity contribution in [2.24, 2.45) is 0 Å². The van der Waals surface area contributed by atoms with Crippen LogP contribution in [-0.4, -0.2) is 40.6 Å². The Balaban J connectivity index is 2.04. The fourth-order valence-corrected chi connectivity index (χ4v) is 5.47. The van der Waals surface area contributed by atoms with E-state index in [9.17, 15) is 26.4 Å². The summed E-state index contributed by atoms with van der Waals surface area (Å²) in [5.41, 5.74) is 0.529. The second-order valence-corrected chi connectivity index (χ2v) is 10.1. The van der Waals surface area contributed by atoms with Crippen molar-refractivity contribution in [3.05, 3.63) is 46.8 Å². The van der Waals surface area contributed by atoms with Crippen LogP contribution in [0, 0.1) is 0 Å². The molecule has 0 fully saturated rings. The average Bonchev–Trinajstić information content (AvgIpc) is 3.13. The van der Waals surface area contributed by atoms with Gasteiger partial charge in [0.15, 0.2) is 0 Å². The lowest BCUT2D eigenvalue weighted by atomic mass is 9.93. The Morgan fingerprint density at radius 1 is 1.34 bits per heavy atom. The molecule has 32 heavy (non-hydrogen) atoms. The van der Waals surface area contributed by atoms with Gasteiger partial charge in [0.2, 0.25) is 10.0 Å². The van der Waals surface area contributed by atoms with Gasteiger partial charge in [-0.05, 0) is 55.4 Å². The molecule has 2 atom stereocenters. The number of benzene rings is 1. The van der Waals surface area contributed by atoms with Gasteiger partial charge in [-0.3, -0.25) is 9.48 Å². The van der Waals surface area contributed by atoms with Gasteiger partial charge in [-0.15, -0.1) is 0 Å². The van der Waals surface area contributed by atoms with Gasteiger partial charge in [-0.1, -0.05) is 13.8 Å². The molecule has 7 nitrogen and oxygen atoms in total. The van der Waals surface area contributed by atoms with E-state index in [1.165, 1.54) is 24.0 Å². The Hall–Kier alpha value is -2.40. The van der Waals surface area contributed by atoms with E-state index in [1.54, 1.807) is 6.92 Å². The molecular formula is C21H26F3N3O4S. The third-order valence-electron chi connectivity index (χ3n) is 6.07. The maximum Gasteiger partial charge on any atom is 0.416 e. The summed E-state index contributed by atoms with van der Waals surface area (Å²) in [4.78, 5) is 10.7. The molecule has 176 valence electrons. The summed E-state index contributed by atoms with van der Waals surface area (Å²) in [5, 5.41) is 13.1. The topological polar surface area (TPSA) is 92.5 Å². The van der Waals surface area contributed by atoms with E-state index in [-0.39, 0.29) is 12.5 Å². The molecule has 1 aliphatic rings. The van der Waals surface area contributed by atoms with Crippen molar-refractivity contribution in [1.29, 1.82) is 0 Å². The van der Waals surface area contributed by atoms with Gasteiger partial charge in [-0.2, -0.15) is 22.6 Å². The zero-order valence-electron chi connectivity index (χ0n) is 18.1. The summed E-state index contributed by atoms with van der Waals surface area (Å²) in [6.07, 6.45) is -1.06. The van der Waals surface area contributed by atoms with Crippen LogP contribution in [0.2, 0.25) is 0 Å². The smallest absolute Gasteiger partial charge is 0.416 e. The maximum absolute atomic E-state index is 13.5. The Morgan fingerprint density at radius 2 is 2.03 bits per heavy atom. The minimum atomic E-state index is -4.68. The number of carboxylic acid groups (broad SMARTS) is 1. The van der Waals surface area contributed by atoms with Crippen LogP contribution >= 0.6 is 0 Å². The summed E-state index contributed by atoms with van der Waals surface area (Å²) >= 11 is 0. The number of nitrogens with zero attached hydrogens (tertiary/aromatic N) is 3. The number of hydrogen-bond acceptors (Lipinski definition) is 4. The Labute approximate surface area is 184 Å². The quantitative estimate of drug-likeness (QED) is 0.651. The van der Waals surface area contributed by atoms with Gasteiger partial charge >= 0.3 is 12.1 Å². The molecular weight excluding hydrogens is 447 g/mol. The van der Waals surface area contributed by atoms with Gasteiger partial charge in [0, 0.05) is 18.3 Å². The fourth-order valence-electron chi connectivity index (χ4n) is 4.03. The normalized spacial score (nSPS) is 17.9. The molecule has 2 unspecified atom stereocenters. The predicted molar refractivity (Wildman–Crippen MR) is 111 cm³/mol. The molecule has 2 aromatic rings. The van der Waals surface area contributed by atoms with Crippen molar-refractivity contribution in [3.8, 4) is 0 Å². The van der Waals surface area contributed by atoms with Gasteiger partial charge in [0.05, 0.1) is 22.7 Å². The van der Waals surface area contributed by atoms with Crippen LogP contribution in [0.4, 0.5) is 13.2 Å². The largest absolute Gasteiger partial charge is 0.480 e. The highest BCUT2D eigenvalue weighted by Crippen LogP contribution is 2.39. The fraction of sp³-hybridized carbons (Fsp3) is 0.524. The lowest BCUT2D eigenvalue weighted by Crippen LogP contribution is -2.33. The van der Waals surface area contributed by atoms with E-state index in [2.05, 4.69) is 5.10 Å². The first-order chi connectivity index (χ1) is 14.9. The molecule has 1 aliphatic carbocycles. The van der Waals surface area contributed by atoms with Crippen molar-refractivity contribution in [3.63, 3.8) is 0 Å². The summed E-state index contributed by atoms with van der Waals surface area (Å²) in [6, 6.07) is 2.34. The molecule has 0 spiro atoms. The average molecular weight is 474 g/mol. The molecule has 0 saturated carbocycles. The summed E-state index contributed by atoms with van der Waals surface area (Å²) < 4.78 is 69.7. The second kappa shape index (κ2) is 8.86. The van der Waals surface area contributed by atoms with Crippen LogP contribution in [0.25, 0.3) is 0 Å². The van der Waals surface area contributed by atoms with Crippen LogP contribution in [0.15, 0.2) is 29.3 Å². The lowest BCUT2D eigenvalue weighted by molar-refractivity contribution is -0.138. The van der Waals surface area contributed by atoms with E-state index in [0.717, 1.165) is 10.4 Å². The van der Waals surface area contributed by atoms with Gasteiger partial charge in [0.1, 0.15) is 6.54 Å². The number of carbonyl (C=O) groups is 1. The van der Waals surface area contributed by atoms with Crippen molar-refractivity contribution in [2.45, 2.75) is 69.1 Å². The Morgan fingerprint density at radius 3 is 2.62 bits per heavy atom. The number of aromatic nitrogens is 2. The number of hydrogen-bond donors (Lipinski definition) is 1. The first-order valence-corrected chi connectivity index (χ1v) is 11.8.